The molecule has 0 bridgehead atoms. The third-order valence-electron chi connectivity index (χ3n) is 7.14. The summed E-state index contributed by atoms with van der Waals surface area (Å²) in [6.45, 7) is -0.168. The first-order valence-corrected chi connectivity index (χ1v) is 19.2. The smallest absolute Gasteiger partial charge is 0.263 e. The molecule has 13 nitrogen and oxygen atoms in total. The van der Waals surface area contributed by atoms with Gasteiger partial charge in [0.2, 0.25) is 10.0 Å². The maximum atomic E-state index is 13.9. The van der Waals surface area contributed by atoms with E-state index < -0.39 is 38.3 Å². The van der Waals surface area contributed by atoms with E-state index >= 15 is 0 Å². The lowest BCUT2D eigenvalue weighted by Gasteiger charge is -2.38. The molecule has 1 amide bonds. The molecule has 2 aliphatic rings. The number of thiophene rings is 1. The molecular formula is C26H33ClN6O7S4. The summed E-state index contributed by atoms with van der Waals surface area (Å²) < 4.78 is 64.0. The minimum Gasteiger partial charge on any atom is -0.350 e. The van der Waals surface area contributed by atoms with Gasteiger partial charge < -0.3 is 9.30 Å². The Morgan fingerprint density at radius 3 is 2.66 bits per heavy atom. The number of benzene rings is 1. The molecule has 1 unspecified atom stereocenters. The number of ether oxygens (including phenoxy) is 1. The molecule has 4 heterocycles. The van der Waals surface area contributed by atoms with Crippen LogP contribution in [0.4, 0.5) is 0 Å². The molecule has 2 aliphatic heterocycles. The van der Waals surface area contributed by atoms with Crippen molar-refractivity contribution in [2.75, 3.05) is 37.7 Å². The third kappa shape index (κ3) is 8.00. The van der Waals surface area contributed by atoms with Gasteiger partial charge in [0, 0.05) is 55.4 Å². The molecule has 18 heteroatoms. The number of halogens is 1. The first-order valence-electron chi connectivity index (χ1n) is 13.9. The van der Waals surface area contributed by atoms with Gasteiger partial charge in [-0.2, -0.15) is 8.61 Å². The van der Waals surface area contributed by atoms with E-state index in [2.05, 4.69) is 15.7 Å². The summed E-state index contributed by atoms with van der Waals surface area (Å²) in [6, 6.07) is 8.84. The molecular weight excluding hydrogens is 672 g/mol. The number of hydrogen-bond donors (Lipinski definition) is 1. The van der Waals surface area contributed by atoms with Gasteiger partial charge in [-0.25, -0.2) is 27.2 Å². The second kappa shape index (κ2) is 14.6. The Hall–Kier alpha value is -2.09. The molecule has 0 aliphatic carbocycles. The van der Waals surface area contributed by atoms with Crippen molar-refractivity contribution in [2.45, 2.75) is 47.4 Å². The Bertz CT molecular complexity index is 1640. The highest BCUT2D eigenvalue weighted by Gasteiger charge is 2.44. The quantitative estimate of drug-likeness (QED) is 0.169. The number of sulfonamides is 2. The van der Waals surface area contributed by atoms with Gasteiger partial charge in [-0.1, -0.05) is 35.5 Å². The number of nitrogens with zero attached hydrogens (tertiary/aromatic N) is 5. The van der Waals surface area contributed by atoms with Gasteiger partial charge in [-0.3, -0.25) is 4.79 Å². The van der Waals surface area contributed by atoms with Gasteiger partial charge >= 0.3 is 0 Å². The average Bonchev–Trinajstić information content (AvgIpc) is 3.68. The normalized spacial score (nSPS) is 20.5. The number of thioether (sulfide) groups is 1. The van der Waals surface area contributed by atoms with E-state index in [0.29, 0.717) is 40.3 Å². The molecule has 240 valence electrons. The van der Waals surface area contributed by atoms with Crippen molar-refractivity contribution < 1.29 is 31.2 Å². The predicted molar refractivity (Wildman–Crippen MR) is 167 cm³/mol. The maximum Gasteiger partial charge on any atom is 0.263 e. The Kier molecular flexibility index (Phi) is 11.0. The fourth-order valence-electron chi connectivity index (χ4n) is 4.77. The fourth-order valence-corrected chi connectivity index (χ4v) is 10.4. The minimum absolute atomic E-state index is 0.0360. The van der Waals surface area contributed by atoms with Gasteiger partial charge in [-0.15, -0.1) is 21.5 Å². The van der Waals surface area contributed by atoms with Crippen LogP contribution in [0, 0.1) is 0 Å². The van der Waals surface area contributed by atoms with Crippen molar-refractivity contribution in [2.24, 2.45) is 7.05 Å². The SMILES string of the molecule is Cn1cnnc1SCCCS(=O)(=O)N1CCN(S(=O)(=O)c2ccc(-c3ccc(Cl)cc3)s2)[C@@H](C(=O)NOC2CCCCO2)C1. The summed E-state index contributed by atoms with van der Waals surface area (Å²) in [4.78, 5) is 19.6. The van der Waals surface area contributed by atoms with Crippen LogP contribution in [0.5, 0.6) is 0 Å². The summed E-state index contributed by atoms with van der Waals surface area (Å²) in [5.41, 5.74) is 3.13. The number of nitrogens with one attached hydrogen (secondary N) is 1. The minimum atomic E-state index is -4.18. The Morgan fingerprint density at radius 1 is 1.16 bits per heavy atom. The number of carbonyl (C=O) groups excluding carboxylic acids is 1. The second-order valence-corrected chi connectivity index (χ2v) is 17.0. The molecule has 0 spiro atoms. The highest BCUT2D eigenvalue weighted by molar-refractivity contribution is 7.99. The third-order valence-corrected chi connectivity index (χ3v) is 13.9. The van der Waals surface area contributed by atoms with Crippen molar-refractivity contribution in [3.63, 3.8) is 0 Å². The number of carbonyl (C=O) groups is 1. The van der Waals surface area contributed by atoms with E-state index in [1.807, 2.05) is 0 Å². The van der Waals surface area contributed by atoms with E-state index in [-0.39, 0.29) is 29.6 Å². The van der Waals surface area contributed by atoms with Crippen LogP contribution in [-0.2, 0) is 41.5 Å². The predicted octanol–water partition coefficient (Wildman–Crippen LogP) is 2.96. The zero-order chi connectivity index (χ0) is 31.3. The van der Waals surface area contributed by atoms with Crippen molar-refractivity contribution in [3.8, 4) is 10.4 Å². The molecule has 0 saturated carbocycles. The number of amides is 1. The lowest BCUT2D eigenvalue weighted by atomic mass is 10.2. The number of aryl methyl sites for hydroxylation is 1. The zero-order valence-corrected chi connectivity index (χ0v) is 27.9. The van der Waals surface area contributed by atoms with Crippen LogP contribution in [0.25, 0.3) is 10.4 Å². The first-order chi connectivity index (χ1) is 21.0. The molecule has 0 radical (unpaired) electrons. The summed E-state index contributed by atoms with van der Waals surface area (Å²) in [5, 5.41) is 9.03. The monoisotopic (exact) mass is 704 g/mol. The summed E-state index contributed by atoms with van der Waals surface area (Å²) in [5.74, 6) is -0.441. The van der Waals surface area contributed by atoms with Crippen molar-refractivity contribution >= 4 is 60.7 Å². The highest BCUT2D eigenvalue weighted by Crippen LogP contribution is 2.34. The lowest BCUT2D eigenvalue weighted by molar-refractivity contribution is -0.202. The van der Waals surface area contributed by atoms with Crippen LogP contribution >= 0.6 is 34.7 Å². The van der Waals surface area contributed by atoms with Crippen molar-refractivity contribution in [1.29, 1.82) is 0 Å². The molecule has 44 heavy (non-hydrogen) atoms. The first kappa shape index (κ1) is 33.3. The van der Waals surface area contributed by atoms with Gasteiger partial charge in [0.1, 0.15) is 16.6 Å². The van der Waals surface area contributed by atoms with Crippen molar-refractivity contribution in [1.82, 2.24) is 28.9 Å². The Labute approximate surface area is 269 Å². The second-order valence-electron chi connectivity index (χ2n) is 10.2. The molecule has 5 rings (SSSR count). The molecule has 2 fully saturated rings. The van der Waals surface area contributed by atoms with Gasteiger partial charge in [0.15, 0.2) is 11.4 Å². The van der Waals surface area contributed by atoms with E-state index in [9.17, 15) is 21.6 Å². The van der Waals surface area contributed by atoms with Gasteiger partial charge in [0.05, 0.1) is 5.75 Å². The van der Waals surface area contributed by atoms with Crippen LogP contribution in [0.15, 0.2) is 52.1 Å². The maximum absolute atomic E-state index is 13.9. The van der Waals surface area contributed by atoms with E-state index in [4.69, 9.17) is 21.2 Å². The molecule has 2 aromatic heterocycles. The molecule has 2 atom stereocenters. The van der Waals surface area contributed by atoms with Crippen LogP contribution in [-0.4, -0.2) is 96.2 Å². The van der Waals surface area contributed by atoms with Crippen molar-refractivity contribution in [3.05, 3.63) is 47.7 Å². The van der Waals surface area contributed by atoms with E-state index in [0.717, 1.165) is 34.0 Å². The average molecular weight is 705 g/mol. The highest BCUT2D eigenvalue weighted by atomic mass is 35.5. The summed E-state index contributed by atoms with van der Waals surface area (Å²) in [6.07, 6.45) is 3.55. The van der Waals surface area contributed by atoms with Gasteiger partial charge in [-0.05, 0) is 49.1 Å². The standard InChI is InChI=1S/C26H33ClN6O7S4/c1-31-18-28-29-26(31)41-15-4-16-43(35,36)32-12-13-33(21(17-32)25(34)30-40-23-5-2-3-14-39-23)44(37,38)24-11-10-22(42-24)19-6-8-20(27)9-7-19/h6-11,18,21,23H,2-5,12-17H2,1H3,(H,30,34)/t21-,23?/m1/s1. The number of aromatic nitrogens is 3. The largest absolute Gasteiger partial charge is 0.350 e. The molecule has 1 aromatic carbocycles. The molecule has 1 N–H and O–H groups in total. The van der Waals surface area contributed by atoms with E-state index in [1.54, 1.807) is 48.3 Å². The topological polar surface area (TPSA) is 153 Å². The van der Waals surface area contributed by atoms with Gasteiger partial charge in [0.25, 0.3) is 15.9 Å². The van der Waals surface area contributed by atoms with Crippen LogP contribution < -0.4 is 5.48 Å². The number of hydrogen-bond acceptors (Lipinski definition) is 11. The van der Waals surface area contributed by atoms with Crippen LogP contribution in [0.1, 0.15) is 25.7 Å². The summed E-state index contributed by atoms with van der Waals surface area (Å²) in [7, 11) is -6.18. The Balaban J connectivity index is 1.31. The van der Waals surface area contributed by atoms with Crippen LogP contribution in [0.2, 0.25) is 5.02 Å². The molecule has 3 aromatic rings. The summed E-state index contributed by atoms with van der Waals surface area (Å²) >= 11 is 8.45. The number of hydroxylamine groups is 1. The van der Waals surface area contributed by atoms with Crippen LogP contribution in [0.3, 0.4) is 0 Å². The zero-order valence-electron chi connectivity index (χ0n) is 23.9. The molecule has 2 saturated heterocycles. The number of piperazine rings is 1. The van der Waals surface area contributed by atoms with E-state index in [1.165, 1.54) is 22.1 Å². The number of rotatable bonds is 12. The lowest BCUT2D eigenvalue weighted by Crippen LogP contribution is -2.61. The fraction of sp³-hybridized carbons (Fsp3) is 0.500. The Morgan fingerprint density at radius 2 is 1.95 bits per heavy atom.